The van der Waals surface area contributed by atoms with Gasteiger partial charge >= 0.3 is 0 Å². The van der Waals surface area contributed by atoms with Crippen molar-refractivity contribution in [2.24, 2.45) is 5.41 Å². The summed E-state index contributed by atoms with van der Waals surface area (Å²) in [7, 11) is 1.70. The van der Waals surface area contributed by atoms with Gasteiger partial charge in [0.2, 0.25) is 0 Å². The summed E-state index contributed by atoms with van der Waals surface area (Å²) in [6.07, 6.45) is 6.48. The molecule has 2 rings (SSSR count). The molecule has 0 spiro atoms. The van der Waals surface area contributed by atoms with E-state index in [1.54, 1.807) is 7.11 Å². The standard InChI is InChI=1S/C16H23ClO/c1-12-11-13(18-3)7-8-14(12)15(17)16(2)9-5-4-6-10-16/h7-8,11,15H,4-6,9-10H2,1-3H3. The van der Waals surface area contributed by atoms with Crippen molar-refractivity contribution >= 4 is 11.6 Å². The number of aryl methyl sites for hydroxylation is 1. The molecule has 0 bridgehead atoms. The van der Waals surface area contributed by atoms with Crippen LogP contribution in [0.25, 0.3) is 0 Å². The molecule has 1 saturated carbocycles. The van der Waals surface area contributed by atoms with Crippen LogP contribution in [0.1, 0.15) is 55.5 Å². The average molecular weight is 267 g/mol. The number of ether oxygens (including phenoxy) is 1. The summed E-state index contributed by atoms with van der Waals surface area (Å²) >= 11 is 6.79. The van der Waals surface area contributed by atoms with Crippen molar-refractivity contribution in [2.45, 2.75) is 51.3 Å². The molecule has 0 aromatic heterocycles. The third-order valence-corrected chi connectivity index (χ3v) is 5.12. The van der Waals surface area contributed by atoms with Crippen LogP contribution in [0.2, 0.25) is 0 Å². The Kier molecular flexibility index (Phi) is 4.21. The maximum absolute atomic E-state index is 6.79. The predicted molar refractivity (Wildman–Crippen MR) is 77.5 cm³/mol. The molecule has 0 N–H and O–H groups in total. The summed E-state index contributed by atoms with van der Waals surface area (Å²) in [4.78, 5) is 0. The van der Waals surface area contributed by atoms with E-state index in [2.05, 4.69) is 26.0 Å². The lowest BCUT2D eigenvalue weighted by molar-refractivity contribution is 0.206. The van der Waals surface area contributed by atoms with Crippen LogP contribution in [0.5, 0.6) is 5.75 Å². The van der Waals surface area contributed by atoms with E-state index in [1.165, 1.54) is 43.2 Å². The molecule has 0 aliphatic heterocycles. The van der Waals surface area contributed by atoms with Crippen molar-refractivity contribution in [3.8, 4) is 5.75 Å². The van der Waals surface area contributed by atoms with Gasteiger partial charge in [-0.15, -0.1) is 11.6 Å². The minimum absolute atomic E-state index is 0.115. The normalized spacial score (nSPS) is 20.4. The second-order valence-electron chi connectivity index (χ2n) is 5.80. The van der Waals surface area contributed by atoms with Crippen LogP contribution in [0, 0.1) is 12.3 Å². The number of alkyl halides is 1. The monoisotopic (exact) mass is 266 g/mol. The van der Waals surface area contributed by atoms with Crippen molar-refractivity contribution < 1.29 is 4.74 Å². The van der Waals surface area contributed by atoms with E-state index in [1.807, 2.05) is 6.07 Å². The lowest BCUT2D eigenvalue weighted by Crippen LogP contribution is -2.25. The topological polar surface area (TPSA) is 9.23 Å². The smallest absolute Gasteiger partial charge is 0.119 e. The third-order valence-electron chi connectivity index (χ3n) is 4.36. The van der Waals surface area contributed by atoms with Gasteiger partial charge in [-0.3, -0.25) is 0 Å². The van der Waals surface area contributed by atoms with E-state index in [0.717, 1.165) is 5.75 Å². The molecule has 2 heteroatoms. The van der Waals surface area contributed by atoms with Crippen LogP contribution in [0.3, 0.4) is 0 Å². The summed E-state index contributed by atoms with van der Waals surface area (Å²) in [5.74, 6) is 0.911. The SMILES string of the molecule is COc1ccc(C(Cl)C2(C)CCCCC2)c(C)c1. The van der Waals surface area contributed by atoms with Gasteiger partial charge < -0.3 is 4.74 Å². The Morgan fingerprint density at radius 3 is 2.44 bits per heavy atom. The molecule has 18 heavy (non-hydrogen) atoms. The molecular formula is C16H23ClO. The van der Waals surface area contributed by atoms with Gasteiger partial charge in [0.1, 0.15) is 5.75 Å². The molecule has 1 aromatic carbocycles. The van der Waals surface area contributed by atoms with Crippen LogP contribution in [-0.4, -0.2) is 7.11 Å². The molecule has 1 atom stereocenters. The number of methoxy groups -OCH3 is 1. The number of hydrogen-bond donors (Lipinski definition) is 0. The molecule has 0 heterocycles. The molecule has 1 fully saturated rings. The summed E-state index contributed by atoms with van der Waals surface area (Å²) < 4.78 is 5.26. The number of rotatable bonds is 3. The second kappa shape index (κ2) is 5.52. The number of benzene rings is 1. The largest absolute Gasteiger partial charge is 0.497 e. The van der Waals surface area contributed by atoms with Crippen molar-refractivity contribution in [1.82, 2.24) is 0 Å². The Morgan fingerprint density at radius 2 is 1.89 bits per heavy atom. The lowest BCUT2D eigenvalue weighted by atomic mass is 9.71. The van der Waals surface area contributed by atoms with Gasteiger partial charge in [-0.25, -0.2) is 0 Å². The van der Waals surface area contributed by atoms with E-state index in [0.29, 0.717) is 0 Å². The quantitative estimate of drug-likeness (QED) is 0.679. The first-order valence-electron chi connectivity index (χ1n) is 6.85. The van der Waals surface area contributed by atoms with Crippen LogP contribution < -0.4 is 4.74 Å². The predicted octanol–water partition coefficient (Wildman–Crippen LogP) is 5.25. The zero-order chi connectivity index (χ0) is 13.2. The maximum Gasteiger partial charge on any atom is 0.119 e. The Hall–Kier alpha value is -0.690. The second-order valence-corrected chi connectivity index (χ2v) is 6.24. The highest BCUT2D eigenvalue weighted by molar-refractivity contribution is 6.21. The highest BCUT2D eigenvalue weighted by atomic mass is 35.5. The van der Waals surface area contributed by atoms with Crippen LogP contribution in [-0.2, 0) is 0 Å². The van der Waals surface area contributed by atoms with E-state index in [4.69, 9.17) is 16.3 Å². The molecule has 1 aliphatic carbocycles. The Morgan fingerprint density at radius 1 is 1.22 bits per heavy atom. The Labute approximate surface area is 115 Å². The zero-order valence-corrected chi connectivity index (χ0v) is 12.4. The lowest BCUT2D eigenvalue weighted by Gasteiger charge is -2.38. The average Bonchev–Trinajstić information content (AvgIpc) is 2.38. The molecule has 0 saturated heterocycles. The van der Waals surface area contributed by atoms with Crippen molar-refractivity contribution in [1.29, 1.82) is 0 Å². The fourth-order valence-electron chi connectivity index (χ4n) is 3.05. The Balaban J connectivity index is 2.24. The minimum atomic E-state index is 0.115. The van der Waals surface area contributed by atoms with Gasteiger partial charge in [-0.2, -0.15) is 0 Å². The number of halogens is 1. The summed E-state index contributed by atoms with van der Waals surface area (Å²) in [6, 6.07) is 6.23. The fourth-order valence-corrected chi connectivity index (χ4v) is 3.51. The van der Waals surface area contributed by atoms with E-state index < -0.39 is 0 Å². The van der Waals surface area contributed by atoms with E-state index in [-0.39, 0.29) is 10.8 Å². The molecule has 1 unspecified atom stereocenters. The van der Waals surface area contributed by atoms with Crippen LogP contribution in [0.15, 0.2) is 18.2 Å². The molecule has 1 aromatic rings. The first-order valence-corrected chi connectivity index (χ1v) is 7.29. The molecular weight excluding hydrogens is 244 g/mol. The molecule has 1 nitrogen and oxygen atoms in total. The summed E-state index contributed by atoms with van der Waals surface area (Å²) in [5, 5.41) is 0.115. The minimum Gasteiger partial charge on any atom is -0.497 e. The van der Waals surface area contributed by atoms with E-state index in [9.17, 15) is 0 Å². The van der Waals surface area contributed by atoms with Gasteiger partial charge in [0.15, 0.2) is 0 Å². The molecule has 100 valence electrons. The van der Waals surface area contributed by atoms with E-state index >= 15 is 0 Å². The van der Waals surface area contributed by atoms with Crippen molar-refractivity contribution in [3.05, 3.63) is 29.3 Å². The molecule has 0 radical (unpaired) electrons. The number of hydrogen-bond acceptors (Lipinski definition) is 1. The van der Waals surface area contributed by atoms with Gasteiger partial charge in [0.25, 0.3) is 0 Å². The first-order chi connectivity index (χ1) is 8.57. The van der Waals surface area contributed by atoms with Crippen LogP contribution in [0.4, 0.5) is 0 Å². The zero-order valence-electron chi connectivity index (χ0n) is 11.6. The highest BCUT2D eigenvalue weighted by Gasteiger charge is 2.35. The van der Waals surface area contributed by atoms with Gasteiger partial charge in [-0.1, -0.05) is 32.3 Å². The highest BCUT2D eigenvalue weighted by Crippen LogP contribution is 2.49. The van der Waals surface area contributed by atoms with Crippen molar-refractivity contribution in [2.75, 3.05) is 7.11 Å². The summed E-state index contributed by atoms with van der Waals surface area (Å²) in [5.41, 5.74) is 2.75. The molecule has 0 amide bonds. The van der Waals surface area contributed by atoms with Gasteiger partial charge in [0, 0.05) is 0 Å². The maximum atomic E-state index is 6.79. The fraction of sp³-hybridized carbons (Fsp3) is 0.625. The first kappa shape index (κ1) is 13.7. The van der Waals surface area contributed by atoms with Gasteiger partial charge in [0.05, 0.1) is 12.5 Å². The summed E-state index contributed by atoms with van der Waals surface area (Å²) in [6.45, 7) is 4.47. The van der Waals surface area contributed by atoms with Crippen LogP contribution >= 0.6 is 11.6 Å². The molecule has 1 aliphatic rings. The third kappa shape index (κ3) is 2.66. The Bertz CT molecular complexity index is 408. The van der Waals surface area contributed by atoms with Crippen molar-refractivity contribution in [3.63, 3.8) is 0 Å². The van der Waals surface area contributed by atoms with Gasteiger partial charge in [-0.05, 0) is 48.4 Å².